The fraction of sp³-hybridized carbons (Fsp3) is 0.900. The third-order valence-electron chi connectivity index (χ3n) is 1.75. The molecule has 0 aromatic carbocycles. The Morgan fingerprint density at radius 2 is 2.13 bits per heavy atom. The van der Waals surface area contributed by atoms with Gasteiger partial charge < -0.3 is 20.3 Å². The Morgan fingerprint density at radius 3 is 2.67 bits per heavy atom. The van der Waals surface area contributed by atoms with Gasteiger partial charge in [-0.05, 0) is 26.8 Å². The van der Waals surface area contributed by atoms with E-state index in [1.165, 1.54) is 0 Å². The molecule has 0 amide bonds. The minimum absolute atomic E-state index is 0.117. The summed E-state index contributed by atoms with van der Waals surface area (Å²) in [6, 6.07) is 0. The smallest absolute Gasteiger partial charge is 0.303 e. The molecule has 1 atom stereocenters. The van der Waals surface area contributed by atoms with Crippen molar-refractivity contribution in [3.8, 4) is 0 Å². The number of carbonyl (C=O) groups is 1. The molecule has 0 fully saturated rings. The van der Waals surface area contributed by atoms with E-state index in [0.29, 0.717) is 26.1 Å². The van der Waals surface area contributed by atoms with E-state index in [-0.39, 0.29) is 12.5 Å². The molecule has 0 aromatic heterocycles. The van der Waals surface area contributed by atoms with E-state index in [0.717, 1.165) is 0 Å². The van der Waals surface area contributed by atoms with Gasteiger partial charge in [-0.15, -0.1) is 0 Å². The second-order valence-electron chi connectivity index (χ2n) is 3.74. The van der Waals surface area contributed by atoms with Crippen LogP contribution in [0.4, 0.5) is 0 Å². The highest BCUT2D eigenvalue weighted by atomic mass is 16.5. The molecule has 5 nitrogen and oxygen atoms in total. The van der Waals surface area contributed by atoms with E-state index in [4.69, 9.17) is 9.84 Å². The van der Waals surface area contributed by atoms with Gasteiger partial charge in [0.1, 0.15) is 0 Å². The summed E-state index contributed by atoms with van der Waals surface area (Å²) in [5.41, 5.74) is 0. The summed E-state index contributed by atoms with van der Waals surface area (Å²) >= 11 is 0. The zero-order chi connectivity index (χ0) is 11.7. The number of hydrogen-bond acceptors (Lipinski definition) is 4. The summed E-state index contributed by atoms with van der Waals surface area (Å²) < 4.78 is 5.21. The van der Waals surface area contributed by atoms with Crippen molar-refractivity contribution in [2.24, 2.45) is 0 Å². The second-order valence-corrected chi connectivity index (χ2v) is 3.74. The van der Waals surface area contributed by atoms with E-state index < -0.39 is 12.1 Å². The lowest BCUT2D eigenvalue weighted by atomic mass is 10.3. The Bertz CT molecular complexity index is 173. The quantitative estimate of drug-likeness (QED) is 0.484. The third kappa shape index (κ3) is 11.3. The molecule has 5 heteroatoms. The molecule has 0 saturated carbocycles. The molecule has 0 spiro atoms. The monoisotopic (exact) mass is 219 g/mol. The van der Waals surface area contributed by atoms with E-state index >= 15 is 0 Å². The normalized spacial score (nSPS) is 13.1. The van der Waals surface area contributed by atoms with Crippen molar-refractivity contribution in [2.75, 3.05) is 19.7 Å². The van der Waals surface area contributed by atoms with Gasteiger partial charge in [0.2, 0.25) is 0 Å². The van der Waals surface area contributed by atoms with E-state index in [9.17, 15) is 9.90 Å². The van der Waals surface area contributed by atoms with E-state index in [1.54, 1.807) is 0 Å². The molecular weight excluding hydrogens is 198 g/mol. The molecule has 0 aliphatic carbocycles. The van der Waals surface area contributed by atoms with Crippen molar-refractivity contribution in [3.05, 3.63) is 0 Å². The van der Waals surface area contributed by atoms with Crippen LogP contribution in [0.5, 0.6) is 0 Å². The van der Waals surface area contributed by atoms with Gasteiger partial charge in [-0.1, -0.05) is 0 Å². The Labute approximate surface area is 90.4 Å². The minimum atomic E-state index is -0.791. The van der Waals surface area contributed by atoms with Gasteiger partial charge in [0, 0.05) is 13.0 Å². The predicted octanol–water partition coefficient (Wildman–Crippen LogP) is 0.227. The van der Waals surface area contributed by atoms with E-state index in [1.807, 2.05) is 13.8 Å². The van der Waals surface area contributed by atoms with Gasteiger partial charge >= 0.3 is 5.97 Å². The van der Waals surface area contributed by atoms with Crippen LogP contribution >= 0.6 is 0 Å². The molecule has 0 radical (unpaired) electrons. The van der Waals surface area contributed by atoms with Crippen molar-refractivity contribution >= 4 is 5.97 Å². The molecule has 90 valence electrons. The molecule has 0 saturated heterocycles. The molecule has 3 N–H and O–H groups in total. The molecule has 0 heterocycles. The van der Waals surface area contributed by atoms with Crippen LogP contribution < -0.4 is 5.32 Å². The highest BCUT2D eigenvalue weighted by molar-refractivity contribution is 5.66. The molecule has 0 aromatic rings. The molecule has 0 aliphatic rings. The number of aliphatic hydroxyl groups is 1. The van der Waals surface area contributed by atoms with Crippen LogP contribution in [0.1, 0.15) is 26.7 Å². The fourth-order valence-corrected chi connectivity index (χ4v) is 0.996. The van der Waals surface area contributed by atoms with Crippen molar-refractivity contribution in [2.45, 2.75) is 38.9 Å². The van der Waals surface area contributed by atoms with Crippen molar-refractivity contribution in [3.63, 3.8) is 0 Å². The molecule has 0 rings (SSSR count). The summed E-state index contributed by atoms with van der Waals surface area (Å²) in [6.07, 6.45) is 0.322. The predicted molar refractivity (Wildman–Crippen MR) is 56.8 cm³/mol. The van der Waals surface area contributed by atoms with Crippen molar-refractivity contribution in [1.82, 2.24) is 5.32 Å². The summed E-state index contributed by atoms with van der Waals surface area (Å²) in [7, 11) is 0. The van der Waals surface area contributed by atoms with Gasteiger partial charge in [-0.3, -0.25) is 4.79 Å². The lowest BCUT2D eigenvalue weighted by Gasteiger charge is -2.13. The van der Waals surface area contributed by atoms with Gasteiger partial charge in [0.15, 0.2) is 0 Å². The first-order valence-corrected chi connectivity index (χ1v) is 5.24. The standard InChI is InChI=1S/C10H21NO4/c1-8(2)15-7-9(12)6-11-5-3-4-10(13)14/h8-9,11-12H,3-7H2,1-2H3,(H,13,14). The number of ether oxygens (including phenoxy) is 1. The maximum atomic E-state index is 10.2. The van der Waals surface area contributed by atoms with Crippen LogP contribution in [0.25, 0.3) is 0 Å². The lowest BCUT2D eigenvalue weighted by Crippen LogP contribution is -2.32. The molecule has 0 aliphatic heterocycles. The molecule has 0 bridgehead atoms. The second kappa shape index (κ2) is 8.64. The average molecular weight is 219 g/mol. The first-order valence-electron chi connectivity index (χ1n) is 5.24. The number of rotatable bonds is 9. The number of nitrogens with one attached hydrogen (secondary N) is 1. The van der Waals surface area contributed by atoms with Crippen molar-refractivity contribution < 1.29 is 19.7 Å². The third-order valence-corrected chi connectivity index (χ3v) is 1.75. The number of aliphatic carboxylic acids is 1. The van der Waals surface area contributed by atoms with Crippen LogP contribution in [0.15, 0.2) is 0 Å². The number of hydrogen-bond donors (Lipinski definition) is 3. The number of carboxylic acids is 1. The molecule has 15 heavy (non-hydrogen) atoms. The Hall–Kier alpha value is -0.650. The molecule has 1 unspecified atom stereocenters. The Balaban J connectivity index is 3.23. The highest BCUT2D eigenvalue weighted by Crippen LogP contribution is 1.91. The van der Waals surface area contributed by atoms with Crippen LogP contribution in [0.3, 0.4) is 0 Å². The van der Waals surface area contributed by atoms with Crippen LogP contribution in [0, 0.1) is 0 Å². The Morgan fingerprint density at radius 1 is 1.47 bits per heavy atom. The summed E-state index contributed by atoms with van der Waals surface area (Å²) in [4.78, 5) is 10.2. The lowest BCUT2D eigenvalue weighted by molar-refractivity contribution is -0.137. The van der Waals surface area contributed by atoms with Crippen LogP contribution in [-0.4, -0.2) is 48.1 Å². The largest absolute Gasteiger partial charge is 0.481 e. The minimum Gasteiger partial charge on any atom is -0.481 e. The summed E-state index contributed by atoms with van der Waals surface area (Å²) in [5, 5.41) is 20.7. The number of carboxylic acid groups (broad SMARTS) is 1. The van der Waals surface area contributed by atoms with E-state index in [2.05, 4.69) is 5.32 Å². The number of aliphatic hydroxyl groups excluding tert-OH is 1. The maximum absolute atomic E-state index is 10.2. The Kier molecular flexibility index (Phi) is 8.27. The highest BCUT2D eigenvalue weighted by Gasteiger charge is 2.04. The van der Waals surface area contributed by atoms with Crippen LogP contribution in [-0.2, 0) is 9.53 Å². The topological polar surface area (TPSA) is 78.8 Å². The molecular formula is C10H21NO4. The first-order chi connectivity index (χ1) is 7.02. The van der Waals surface area contributed by atoms with Crippen molar-refractivity contribution in [1.29, 1.82) is 0 Å². The maximum Gasteiger partial charge on any atom is 0.303 e. The summed E-state index contributed by atoms with van der Waals surface area (Å²) in [5.74, 6) is -0.791. The first kappa shape index (κ1) is 14.3. The van der Waals surface area contributed by atoms with Gasteiger partial charge in [0.25, 0.3) is 0 Å². The zero-order valence-corrected chi connectivity index (χ0v) is 9.40. The van der Waals surface area contributed by atoms with Gasteiger partial charge in [-0.2, -0.15) is 0 Å². The average Bonchev–Trinajstić information content (AvgIpc) is 2.13. The van der Waals surface area contributed by atoms with Crippen LogP contribution in [0.2, 0.25) is 0 Å². The zero-order valence-electron chi connectivity index (χ0n) is 9.40. The fourth-order valence-electron chi connectivity index (χ4n) is 0.996. The summed E-state index contributed by atoms with van der Waals surface area (Å²) in [6.45, 7) is 5.17. The van der Waals surface area contributed by atoms with Gasteiger partial charge in [-0.25, -0.2) is 0 Å². The SMILES string of the molecule is CC(C)OCC(O)CNCCCC(=O)O. The van der Waals surface area contributed by atoms with Gasteiger partial charge in [0.05, 0.1) is 18.8 Å².